The minimum absolute atomic E-state index is 0.0197. The van der Waals surface area contributed by atoms with Crippen molar-refractivity contribution in [2.45, 2.75) is 43.9 Å². The summed E-state index contributed by atoms with van der Waals surface area (Å²) < 4.78 is 0. The molecule has 24 heavy (non-hydrogen) atoms. The monoisotopic (exact) mass is 332 g/mol. The first-order valence-electron chi connectivity index (χ1n) is 7.81. The van der Waals surface area contributed by atoms with Gasteiger partial charge >= 0.3 is 17.9 Å². The lowest BCUT2D eigenvalue weighted by Crippen LogP contribution is -2.24. The third kappa shape index (κ3) is 4.01. The Morgan fingerprint density at radius 1 is 0.833 bits per heavy atom. The van der Waals surface area contributed by atoms with Crippen molar-refractivity contribution in [3.8, 4) is 0 Å². The first kappa shape index (κ1) is 17.7. The SMILES string of the molecule is O=C(O)CCC1=CC(CCC(=O)O)(CCC(=O)O)c2ccccc21. The first-order valence-corrected chi connectivity index (χ1v) is 7.81. The average molecular weight is 332 g/mol. The molecule has 0 heterocycles. The highest BCUT2D eigenvalue weighted by atomic mass is 16.4. The normalized spacial score (nSPS) is 14.8. The van der Waals surface area contributed by atoms with E-state index in [1.807, 2.05) is 30.3 Å². The van der Waals surface area contributed by atoms with E-state index in [4.69, 9.17) is 15.3 Å². The van der Waals surface area contributed by atoms with E-state index in [9.17, 15) is 14.4 Å². The molecule has 0 amide bonds. The van der Waals surface area contributed by atoms with Crippen LogP contribution >= 0.6 is 0 Å². The van der Waals surface area contributed by atoms with Gasteiger partial charge < -0.3 is 15.3 Å². The molecule has 0 aromatic heterocycles. The molecule has 0 spiro atoms. The molecule has 6 heteroatoms. The van der Waals surface area contributed by atoms with Gasteiger partial charge in [0.15, 0.2) is 0 Å². The molecule has 2 rings (SSSR count). The van der Waals surface area contributed by atoms with Gasteiger partial charge in [-0.3, -0.25) is 14.4 Å². The van der Waals surface area contributed by atoms with Crippen molar-refractivity contribution in [2.75, 3.05) is 0 Å². The van der Waals surface area contributed by atoms with Gasteiger partial charge in [0, 0.05) is 24.7 Å². The molecular formula is C18H20O6. The lowest BCUT2D eigenvalue weighted by molar-refractivity contribution is -0.138. The van der Waals surface area contributed by atoms with Crippen LogP contribution in [0.3, 0.4) is 0 Å². The molecule has 0 radical (unpaired) electrons. The minimum atomic E-state index is -0.936. The summed E-state index contributed by atoms with van der Waals surface area (Å²) in [5.41, 5.74) is 1.98. The van der Waals surface area contributed by atoms with Gasteiger partial charge in [0.25, 0.3) is 0 Å². The summed E-state index contributed by atoms with van der Waals surface area (Å²) in [5.74, 6) is -2.77. The Labute approximate surface area is 139 Å². The van der Waals surface area contributed by atoms with Gasteiger partial charge in [0.05, 0.1) is 0 Å². The number of aliphatic carboxylic acids is 3. The molecule has 1 aliphatic rings. The predicted molar refractivity (Wildman–Crippen MR) is 86.7 cm³/mol. The van der Waals surface area contributed by atoms with E-state index in [0.717, 1.165) is 16.7 Å². The molecule has 6 nitrogen and oxygen atoms in total. The molecule has 1 aromatic carbocycles. The van der Waals surface area contributed by atoms with Crippen LogP contribution in [0.25, 0.3) is 5.57 Å². The molecule has 128 valence electrons. The molecule has 1 aromatic rings. The van der Waals surface area contributed by atoms with Gasteiger partial charge in [0.1, 0.15) is 0 Å². The van der Waals surface area contributed by atoms with Crippen LogP contribution in [-0.2, 0) is 19.8 Å². The van der Waals surface area contributed by atoms with Crippen molar-refractivity contribution in [1.82, 2.24) is 0 Å². The van der Waals surface area contributed by atoms with Crippen molar-refractivity contribution in [2.24, 2.45) is 0 Å². The number of hydrogen-bond donors (Lipinski definition) is 3. The Hall–Kier alpha value is -2.63. The Kier molecular flexibility index (Phi) is 5.39. The number of carbonyl (C=O) groups is 3. The van der Waals surface area contributed by atoms with E-state index in [2.05, 4.69) is 0 Å². The largest absolute Gasteiger partial charge is 0.481 e. The molecule has 0 saturated carbocycles. The standard InChI is InChI=1S/C18H20O6/c19-15(20)6-5-12-11-18(9-7-16(21)22,10-8-17(23)24)14-4-2-1-3-13(12)14/h1-4,11H,5-10H2,(H,19,20)(H,21,22)(H,23,24). The molecule has 0 fully saturated rings. The maximum absolute atomic E-state index is 11.0. The van der Waals surface area contributed by atoms with E-state index in [0.29, 0.717) is 19.3 Å². The molecule has 0 unspecified atom stereocenters. The second-order valence-corrected chi connectivity index (χ2v) is 6.05. The van der Waals surface area contributed by atoms with E-state index in [1.54, 1.807) is 0 Å². The van der Waals surface area contributed by atoms with Crippen molar-refractivity contribution in [3.63, 3.8) is 0 Å². The fourth-order valence-corrected chi connectivity index (χ4v) is 3.33. The van der Waals surface area contributed by atoms with Gasteiger partial charge in [-0.25, -0.2) is 0 Å². The maximum Gasteiger partial charge on any atom is 0.303 e. The van der Waals surface area contributed by atoms with Gasteiger partial charge in [-0.05, 0) is 36.0 Å². The number of benzene rings is 1. The van der Waals surface area contributed by atoms with Gasteiger partial charge in [-0.1, -0.05) is 30.3 Å². The second kappa shape index (κ2) is 7.29. The van der Waals surface area contributed by atoms with E-state index in [1.165, 1.54) is 0 Å². The van der Waals surface area contributed by atoms with Crippen molar-refractivity contribution in [1.29, 1.82) is 0 Å². The highest BCUT2D eigenvalue weighted by molar-refractivity contribution is 5.80. The van der Waals surface area contributed by atoms with Crippen LogP contribution in [0.4, 0.5) is 0 Å². The molecule has 0 saturated heterocycles. The summed E-state index contributed by atoms with van der Waals surface area (Å²) in [6.45, 7) is 0. The molecule has 0 atom stereocenters. The minimum Gasteiger partial charge on any atom is -0.481 e. The van der Waals surface area contributed by atoms with Crippen molar-refractivity contribution < 1.29 is 29.7 Å². The molecular weight excluding hydrogens is 312 g/mol. The van der Waals surface area contributed by atoms with Crippen LogP contribution in [0.2, 0.25) is 0 Å². The Balaban J connectivity index is 2.40. The summed E-state index contributed by atoms with van der Waals surface area (Å²) in [4.78, 5) is 32.9. The van der Waals surface area contributed by atoms with E-state index >= 15 is 0 Å². The van der Waals surface area contributed by atoms with Crippen LogP contribution in [0, 0.1) is 0 Å². The summed E-state index contributed by atoms with van der Waals surface area (Å²) in [6.07, 6.45) is 2.66. The summed E-state index contributed by atoms with van der Waals surface area (Å²) >= 11 is 0. The molecule has 0 aliphatic heterocycles. The zero-order chi connectivity index (χ0) is 17.7. The predicted octanol–water partition coefficient (Wildman–Crippen LogP) is 2.92. The van der Waals surface area contributed by atoms with Gasteiger partial charge in [-0.2, -0.15) is 0 Å². The van der Waals surface area contributed by atoms with E-state index in [-0.39, 0.29) is 19.3 Å². The van der Waals surface area contributed by atoms with Crippen LogP contribution in [-0.4, -0.2) is 33.2 Å². The summed E-state index contributed by atoms with van der Waals surface area (Å²) in [5, 5.41) is 27.0. The van der Waals surface area contributed by atoms with Crippen LogP contribution in [0.1, 0.15) is 49.7 Å². The van der Waals surface area contributed by atoms with Crippen LogP contribution in [0.5, 0.6) is 0 Å². The fourth-order valence-electron chi connectivity index (χ4n) is 3.33. The van der Waals surface area contributed by atoms with Crippen molar-refractivity contribution >= 4 is 23.5 Å². The Morgan fingerprint density at radius 3 is 1.92 bits per heavy atom. The second-order valence-electron chi connectivity index (χ2n) is 6.05. The number of rotatable bonds is 9. The number of allylic oxidation sites excluding steroid dienone is 2. The Bertz CT molecular complexity index is 671. The molecule has 1 aliphatic carbocycles. The third-order valence-electron chi connectivity index (χ3n) is 4.44. The average Bonchev–Trinajstić information content (AvgIpc) is 2.84. The number of hydrogen-bond acceptors (Lipinski definition) is 3. The summed E-state index contributed by atoms with van der Waals surface area (Å²) in [7, 11) is 0. The first-order chi connectivity index (χ1) is 11.3. The number of fused-ring (bicyclic) bond motifs is 1. The van der Waals surface area contributed by atoms with E-state index < -0.39 is 23.3 Å². The smallest absolute Gasteiger partial charge is 0.303 e. The fraction of sp³-hybridized carbons (Fsp3) is 0.389. The zero-order valence-corrected chi connectivity index (χ0v) is 13.2. The number of carboxylic acid groups (broad SMARTS) is 3. The summed E-state index contributed by atoms with van der Waals surface area (Å²) in [6, 6.07) is 7.44. The lowest BCUT2D eigenvalue weighted by Gasteiger charge is -2.28. The van der Waals surface area contributed by atoms with Gasteiger partial charge in [-0.15, -0.1) is 0 Å². The Morgan fingerprint density at radius 2 is 1.38 bits per heavy atom. The lowest BCUT2D eigenvalue weighted by atomic mass is 9.75. The van der Waals surface area contributed by atoms with Crippen molar-refractivity contribution in [3.05, 3.63) is 41.5 Å². The quantitative estimate of drug-likeness (QED) is 0.641. The highest BCUT2D eigenvalue weighted by Crippen LogP contribution is 2.47. The van der Waals surface area contributed by atoms with Crippen LogP contribution in [0.15, 0.2) is 30.3 Å². The van der Waals surface area contributed by atoms with Crippen LogP contribution < -0.4 is 0 Å². The topological polar surface area (TPSA) is 112 Å². The molecule has 3 N–H and O–H groups in total. The zero-order valence-electron chi connectivity index (χ0n) is 13.2. The third-order valence-corrected chi connectivity index (χ3v) is 4.44. The maximum atomic E-state index is 11.0. The highest BCUT2D eigenvalue weighted by Gasteiger charge is 2.38. The molecule has 0 bridgehead atoms. The number of carboxylic acids is 3. The van der Waals surface area contributed by atoms with Gasteiger partial charge in [0.2, 0.25) is 0 Å².